The second-order valence-corrected chi connectivity index (χ2v) is 3.44. The number of carbonyl (C=O) groups is 1. The van der Waals surface area contributed by atoms with E-state index in [9.17, 15) is 4.79 Å². The van der Waals surface area contributed by atoms with Crippen LogP contribution in [0.3, 0.4) is 0 Å². The fraction of sp³-hybridized carbons (Fsp3) is 0.167. The van der Waals surface area contributed by atoms with Gasteiger partial charge in [0, 0.05) is 11.9 Å². The lowest BCUT2D eigenvalue weighted by Gasteiger charge is -2.08. The van der Waals surface area contributed by atoms with Crippen LogP contribution in [0, 0.1) is 0 Å². The molecule has 0 unspecified atom stereocenters. The number of hydrogen-bond acceptors (Lipinski definition) is 2. The Morgan fingerprint density at radius 1 is 1.38 bits per heavy atom. The Morgan fingerprint density at radius 2 is 2.19 bits per heavy atom. The van der Waals surface area contributed by atoms with E-state index in [-0.39, 0.29) is 5.91 Å². The standard InChI is InChI=1S/C12H13N3O/c1-2-9-5-3-4-6-10(9)14-12(16)11-7-8-13-15-11/h3-8H,2H2,1H3,(H,13,15)(H,14,16). The molecule has 0 spiro atoms. The summed E-state index contributed by atoms with van der Waals surface area (Å²) >= 11 is 0. The SMILES string of the molecule is CCc1ccccc1NC(=O)c1ccn[nH]1. The van der Waals surface area contributed by atoms with E-state index < -0.39 is 0 Å². The number of hydrogen-bond donors (Lipinski definition) is 2. The molecule has 82 valence electrons. The van der Waals surface area contributed by atoms with Gasteiger partial charge in [-0.05, 0) is 24.1 Å². The number of H-pyrrole nitrogens is 1. The molecule has 0 aliphatic heterocycles. The number of carbonyl (C=O) groups excluding carboxylic acids is 1. The van der Waals surface area contributed by atoms with Crippen molar-refractivity contribution in [3.05, 3.63) is 47.8 Å². The van der Waals surface area contributed by atoms with E-state index in [2.05, 4.69) is 22.4 Å². The number of nitrogens with one attached hydrogen (secondary N) is 2. The van der Waals surface area contributed by atoms with Gasteiger partial charge in [-0.15, -0.1) is 0 Å². The first-order valence-corrected chi connectivity index (χ1v) is 5.20. The molecule has 1 heterocycles. The number of benzene rings is 1. The highest BCUT2D eigenvalue weighted by atomic mass is 16.1. The lowest BCUT2D eigenvalue weighted by Crippen LogP contribution is -2.13. The average molecular weight is 215 g/mol. The van der Waals surface area contributed by atoms with Crippen molar-refractivity contribution in [3.8, 4) is 0 Å². The van der Waals surface area contributed by atoms with E-state index in [0.29, 0.717) is 5.69 Å². The number of amides is 1. The predicted molar refractivity (Wildman–Crippen MR) is 62.4 cm³/mol. The van der Waals surface area contributed by atoms with Gasteiger partial charge in [-0.1, -0.05) is 25.1 Å². The average Bonchev–Trinajstić information content (AvgIpc) is 2.83. The molecule has 1 aromatic carbocycles. The number of aromatic amines is 1. The molecule has 0 bridgehead atoms. The van der Waals surface area contributed by atoms with Crippen molar-refractivity contribution < 1.29 is 4.79 Å². The van der Waals surface area contributed by atoms with Gasteiger partial charge in [-0.3, -0.25) is 9.89 Å². The monoisotopic (exact) mass is 215 g/mol. The van der Waals surface area contributed by atoms with Crippen LogP contribution in [0.2, 0.25) is 0 Å². The molecule has 0 aliphatic rings. The van der Waals surface area contributed by atoms with E-state index in [4.69, 9.17) is 0 Å². The molecule has 0 fully saturated rings. The van der Waals surface area contributed by atoms with Gasteiger partial charge in [0.25, 0.3) is 5.91 Å². The summed E-state index contributed by atoms with van der Waals surface area (Å²) in [6.07, 6.45) is 2.44. The van der Waals surface area contributed by atoms with Gasteiger partial charge in [0.2, 0.25) is 0 Å². The number of anilines is 1. The minimum absolute atomic E-state index is 0.168. The number of aromatic nitrogens is 2. The molecule has 2 aromatic rings. The Bertz CT molecular complexity index is 477. The Kier molecular flexibility index (Phi) is 3.00. The minimum Gasteiger partial charge on any atom is -0.320 e. The van der Waals surface area contributed by atoms with Gasteiger partial charge < -0.3 is 5.32 Å². The first-order valence-electron chi connectivity index (χ1n) is 5.20. The van der Waals surface area contributed by atoms with Crippen LogP contribution in [0.15, 0.2) is 36.5 Å². The molecule has 16 heavy (non-hydrogen) atoms. The van der Waals surface area contributed by atoms with Crippen LogP contribution in [0.4, 0.5) is 5.69 Å². The van der Waals surface area contributed by atoms with Crippen molar-refractivity contribution in [1.82, 2.24) is 10.2 Å². The van der Waals surface area contributed by atoms with Crippen molar-refractivity contribution >= 4 is 11.6 Å². The van der Waals surface area contributed by atoms with Crippen LogP contribution in [0.5, 0.6) is 0 Å². The zero-order valence-electron chi connectivity index (χ0n) is 9.03. The third-order valence-electron chi connectivity index (χ3n) is 2.39. The second kappa shape index (κ2) is 4.61. The van der Waals surface area contributed by atoms with Crippen molar-refractivity contribution in [1.29, 1.82) is 0 Å². The zero-order valence-corrected chi connectivity index (χ0v) is 9.03. The van der Waals surface area contributed by atoms with Gasteiger partial charge in [0.05, 0.1) is 0 Å². The molecule has 0 aliphatic carbocycles. The quantitative estimate of drug-likeness (QED) is 0.824. The molecule has 0 radical (unpaired) electrons. The predicted octanol–water partition coefficient (Wildman–Crippen LogP) is 2.22. The van der Waals surface area contributed by atoms with Crippen LogP contribution in [-0.4, -0.2) is 16.1 Å². The van der Waals surface area contributed by atoms with Crippen molar-refractivity contribution in [3.63, 3.8) is 0 Å². The van der Waals surface area contributed by atoms with Gasteiger partial charge in [0.1, 0.15) is 5.69 Å². The summed E-state index contributed by atoms with van der Waals surface area (Å²) < 4.78 is 0. The van der Waals surface area contributed by atoms with Crippen molar-refractivity contribution in [2.45, 2.75) is 13.3 Å². The molecule has 2 rings (SSSR count). The highest BCUT2D eigenvalue weighted by Gasteiger charge is 2.08. The highest BCUT2D eigenvalue weighted by Crippen LogP contribution is 2.15. The highest BCUT2D eigenvalue weighted by molar-refractivity contribution is 6.03. The molecule has 0 saturated heterocycles. The van der Waals surface area contributed by atoms with Gasteiger partial charge in [-0.2, -0.15) is 5.10 Å². The Hall–Kier alpha value is -2.10. The maximum absolute atomic E-state index is 11.8. The summed E-state index contributed by atoms with van der Waals surface area (Å²) in [4.78, 5) is 11.8. The van der Waals surface area contributed by atoms with E-state index in [0.717, 1.165) is 17.7 Å². The van der Waals surface area contributed by atoms with Crippen LogP contribution >= 0.6 is 0 Å². The maximum atomic E-state index is 11.8. The summed E-state index contributed by atoms with van der Waals surface area (Å²) in [5.41, 5.74) is 2.44. The Labute approximate surface area is 93.7 Å². The molecule has 1 amide bonds. The summed E-state index contributed by atoms with van der Waals surface area (Å²) in [5, 5.41) is 9.23. The van der Waals surface area contributed by atoms with E-state index in [1.807, 2.05) is 24.3 Å². The van der Waals surface area contributed by atoms with Crippen molar-refractivity contribution in [2.24, 2.45) is 0 Å². The topological polar surface area (TPSA) is 57.8 Å². The number of rotatable bonds is 3. The number of aryl methyl sites for hydroxylation is 1. The molecule has 0 atom stereocenters. The molecule has 0 saturated carbocycles. The largest absolute Gasteiger partial charge is 0.320 e. The lowest BCUT2D eigenvalue weighted by molar-refractivity contribution is 0.102. The van der Waals surface area contributed by atoms with Crippen LogP contribution in [0.25, 0.3) is 0 Å². The van der Waals surface area contributed by atoms with Gasteiger partial charge >= 0.3 is 0 Å². The second-order valence-electron chi connectivity index (χ2n) is 3.44. The first-order chi connectivity index (χ1) is 7.81. The number of para-hydroxylation sites is 1. The Morgan fingerprint density at radius 3 is 2.88 bits per heavy atom. The maximum Gasteiger partial charge on any atom is 0.273 e. The minimum atomic E-state index is -0.168. The van der Waals surface area contributed by atoms with Crippen molar-refractivity contribution in [2.75, 3.05) is 5.32 Å². The third-order valence-corrected chi connectivity index (χ3v) is 2.39. The summed E-state index contributed by atoms with van der Waals surface area (Å²) in [6, 6.07) is 9.41. The first kappa shape index (κ1) is 10.4. The van der Waals surface area contributed by atoms with E-state index in [1.165, 1.54) is 0 Å². The molecular formula is C12H13N3O. The van der Waals surface area contributed by atoms with Crippen LogP contribution in [0.1, 0.15) is 23.0 Å². The Balaban J connectivity index is 2.18. The fourth-order valence-corrected chi connectivity index (χ4v) is 1.52. The van der Waals surface area contributed by atoms with Crippen LogP contribution < -0.4 is 5.32 Å². The van der Waals surface area contributed by atoms with Gasteiger partial charge in [-0.25, -0.2) is 0 Å². The third kappa shape index (κ3) is 2.11. The molecule has 1 aromatic heterocycles. The lowest BCUT2D eigenvalue weighted by atomic mass is 10.1. The normalized spacial score (nSPS) is 10.1. The fourth-order valence-electron chi connectivity index (χ4n) is 1.52. The summed E-state index contributed by atoms with van der Waals surface area (Å²) in [5.74, 6) is -0.168. The van der Waals surface area contributed by atoms with Gasteiger partial charge in [0.15, 0.2) is 0 Å². The van der Waals surface area contributed by atoms with Crippen LogP contribution in [-0.2, 0) is 6.42 Å². The smallest absolute Gasteiger partial charge is 0.273 e. The zero-order chi connectivity index (χ0) is 11.4. The van der Waals surface area contributed by atoms with E-state index >= 15 is 0 Å². The summed E-state index contributed by atoms with van der Waals surface area (Å²) in [7, 11) is 0. The molecule has 4 heteroatoms. The molecule has 2 N–H and O–H groups in total. The molecular weight excluding hydrogens is 202 g/mol. The molecule has 4 nitrogen and oxygen atoms in total. The number of nitrogens with zero attached hydrogens (tertiary/aromatic N) is 1. The van der Waals surface area contributed by atoms with E-state index in [1.54, 1.807) is 12.3 Å². The summed E-state index contributed by atoms with van der Waals surface area (Å²) in [6.45, 7) is 2.06.